The highest BCUT2D eigenvalue weighted by Crippen LogP contribution is 2.45. The molecule has 1 aliphatic heterocycles. The summed E-state index contributed by atoms with van der Waals surface area (Å²) < 4.78 is 44.0. The molecule has 2 aromatic rings. The van der Waals surface area contributed by atoms with Crippen molar-refractivity contribution < 1.29 is 27.5 Å². The van der Waals surface area contributed by atoms with E-state index in [-0.39, 0.29) is 27.0 Å². The summed E-state index contributed by atoms with van der Waals surface area (Å²) >= 11 is 0.748. The molecule has 0 aromatic heterocycles. The molecule has 0 saturated carbocycles. The number of benzene rings is 2. The summed E-state index contributed by atoms with van der Waals surface area (Å²) in [4.78, 5) is 23.6. The fourth-order valence-electron chi connectivity index (χ4n) is 4.29. The van der Waals surface area contributed by atoms with Crippen LogP contribution in [0.15, 0.2) is 47.4 Å². The van der Waals surface area contributed by atoms with E-state index in [2.05, 4.69) is 49.9 Å². The number of ether oxygens (including phenoxy) is 1. The van der Waals surface area contributed by atoms with Gasteiger partial charge in [0, 0.05) is 16.4 Å². The van der Waals surface area contributed by atoms with Crippen LogP contribution in [0.5, 0.6) is 5.75 Å². The average molecular weight is 488 g/mol. The number of amides is 2. The predicted molar refractivity (Wildman–Crippen MR) is 128 cm³/mol. The lowest BCUT2D eigenvalue weighted by Crippen LogP contribution is -2.29. The highest BCUT2D eigenvalue weighted by molar-refractivity contribution is 8.18. The molecule has 2 aromatic carbocycles. The molecule has 34 heavy (non-hydrogen) atoms. The number of fused-ring (bicyclic) bond motifs is 1. The van der Waals surface area contributed by atoms with Gasteiger partial charge in [-0.3, -0.25) is 14.9 Å². The van der Waals surface area contributed by atoms with Crippen LogP contribution < -0.4 is 10.1 Å². The van der Waals surface area contributed by atoms with E-state index in [1.54, 1.807) is 6.07 Å². The lowest BCUT2D eigenvalue weighted by atomic mass is 9.67. The molecule has 0 bridgehead atoms. The SMILES string of the molecule is Cc1cc2c(cc1-c1cc(/C=C3/SC(=O)NC3=O)ccc1OC(F)(F)F)C(C)(C)C=CC2(C)C. The van der Waals surface area contributed by atoms with Crippen LogP contribution in [0.4, 0.5) is 18.0 Å². The molecule has 0 spiro atoms. The first-order valence-corrected chi connectivity index (χ1v) is 11.5. The Labute approximate surface area is 200 Å². The molecular weight excluding hydrogens is 463 g/mol. The number of alkyl halides is 3. The van der Waals surface area contributed by atoms with Gasteiger partial charge in [0.2, 0.25) is 0 Å². The van der Waals surface area contributed by atoms with Crippen molar-refractivity contribution in [3.63, 3.8) is 0 Å². The van der Waals surface area contributed by atoms with E-state index in [1.165, 1.54) is 18.2 Å². The highest BCUT2D eigenvalue weighted by Gasteiger charge is 2.35. The quantitative estimate of drug-likeness (QED) is 0.374. The van der Waals surface area contributed by atoms with Gasteiger partial charge in [-0.2, -0.15) is 0 Å². The molecule has 1 fully saturated rings. The second-order valence-electron chi connectivity index (χ2n) is 9.65. The number of carbonyl (C=O) groups excluding carboxylic acids is 2. The first-order valence-electron chi connectivity index (χ1n) is 10.7. The first-order chi connectivity index (χ1) is 15.7. The Morgan fingerprint density at radius 1 is 0.941 bits per heavy atom. The number of aryl methyl sites for hydroxylation is 1. The third-order valence-corrected chi connectivity index (χ3v) is 6.94. The fourth-order valence-corrected chi connectivity index (χ4v) is 4.98. The van der Waals surface area contributed by atoms with Crippen LogP contribution in [-0.4, -0.2) is 17.5 Å². The summed E-state index contributed by atoms with van der Waals surface area (Å²) in [6.45, 7) is 10.2. The average Bonchev–Trinajstić information content (AvgIpc) is 3.02. The molecule has 0 atom stereocenters. The molecule has 178 valence electrons. The van der Waals surface area contributed by atoms with E-state index in [1.807, 2.05) is 19.1 Å². The van der Waals surface area contributed by atoms with Crippen molar-refractivity contribution >= 4 is 29.0 Å². The van der Waals surface area contributed by atoms with Crippen LogP contribution in [0.25, 0.3) is 17.2 Å². The van der Waals surface area contributed by atoms with E-state index in [0.717, 1.165) is 28.5 Å². The zero-order valence-corrected chi connectivity index (χ0v) is 20.2. The number of halogens is 3. The Balaban J connectivity index is 1.91. The molecule has 1 heterocycles. The van der Waals surface area contributed by atoms with Gasteiger partial charge < -0.3 is 4.74 Å². The van der Waals surface area contributed by atoms with Crippen molar-refractivity contribution in [2.45, 2.75) is 51.8 Å². The minimum Gasteiger partial charge on any atom is -0.405 e. The molecular formula is C26H24F3NO3S. The van der Waals surface area contributed by atoms with E-state index in [4.69, 9.17) is 0 Å². The third-order valence-electron chi connectivity index (χ3n) is 6.13. The zero-order valence-electron chi connectivity index (χ0n) is 19.4. The third kappa shape index (κ3) is 4.64. The van der Waals surface area contributed by atoms with E-state index in [0.29, 0.717) is 11.1 Å². The van der Waals surface area contributed by atoms with Gasteiger partial charge in [-0.05, 0) is 70.8 Å². The summed E-state index contributed by atoms with van der Waals surface area (Å²) in [6.07, 6.45) is 0.893. The maximum atomic E-state index is 13.2. The summed E-state index contributed by atoms with van der Waals surface area (Å²) in [5.41, 5.74) is 3.77. The topological polar surface area (TPSA) is 55.4 Å². The monoisotopic (exact) mass is 487 g/mol. The number of hydrogen-bond acceptors (Lipinski definition) is 4. The molecule has 0 radical (unpaired) electrons. The van der Waals surface area contributed by atoms with Crippen molar-refractivity contribution in [2.75, 3.05) is 0 Å². The minimum atomic E-state index is -4.87. The number of carbonyl (C=O) groups is 2. The van der Waals surface area contributed by atoms with Crippen LogP contribution in [0.3, 0.4) is 0 Å². The second-order valence-corrected chi connectivity index (χ2v) is 10.7. The predicted octanol–water partition coefficient (Wildman–Crippen LogP) is 7.01. The first kappa shape index (κ1) is 24.1. The van der Waals surface area contributed by atoms with Gasteiger partial charge in [0.05, 0.1) is 4.91 Å². The Bertz CT molecular complexity index is 1270. The summed E-state index contributed by atoms with van der Waals surface area (Å²) in [5, 5.41) is 1.68. The number of rotatable bonds is 3. The van der Waals surface area contributed by atoms with Gasteiger partial charge in [-0.1, -0.05) is 52.0 Å². The number of thioether (sulfide) groups is 1. The van der Waals surface area contributed by atoms with Crippen LogP contribution >= 0.6 is 11.8 Å². The Kier molecular flexibility index (Phi) is 5.71. The maximum Gasteiger partial charge on any atom is 0.573 e. The number of nitrogens with one attached hydrogen (secondary N) is 1. The van der Waals surface area contributed by atoms with Crippen molar-refractivity contribution in [3.05, 3.63) is 69.6 Å². The molecule has 0 unspecified atom stereocenters. The van der Waals surface area contributed by atoms with Gasteiger partial charge in [-0.15, -0.1) is 13.2 Å². The van der Waals surface area contributed by atoms with E-state index < -0.39 is 17.5 Å². The smallest absolute Gasteiger partial charge is 0.405 e. The Morgan fingerprint density at radius 2 is 1.56 bits per heavy atom. The van der Waals surface area contributed by atoms with Crippen molar-refractivity contribution in [2.24, 2.45) is 0 Å². The van der Waals surface area contributed by atoms with Crippen molar-refractivity contribution in [3.8, 4) is 16.9 Å². The van der Waals surface area contributed by atoms with Crippen LogP contribution in [-0.2, 0) is 15.6 Å². The normalized spacial score (nSPS) is 19.8. The Morgan fingerprint density at radius 3 is 2.12 bits per heavy atom. The van der Waals surface area contributed by atoms with Gasteiger partial charge in [0.15, 0.2) is 0 Å². The molecule has 1 aliphatic carbocycles. The number of hydrogen-bond donors (Lipinski definition) is 1. The number of allylic oxidation sites excluding steroid dienone is 2. The Hall–Kier alpha value is -3.00. The highest BCUT2D eigenvalue weighted by atomic mass is 32.2. The molecule has 8 heteroatoms. The number of imide groups is 1. The van der Waals surface area contributed by atoms with Gasteiger partial charge >= 0.3 is 6.36 Å². The van der Waals surface area contributed by atoms with Crippen LogP contribution in [0, 0.1) is 6.92 Å². The molecule has 2 aliphatic rings. The largest absolute Gasteiger partial charge is 0.573 e. The lowest BCUT2D eigenvalue weighted by molar-refractivity contribution is -0.274. The summed E-state index contributed by atoms with van der Waals surface area (Å²) in [7, 11) is 0. The second kappa shape index (κ2) is 8.05. The molecule has 4 rings (SSSR count). The summed E-state index contributed by atoms with van der Waals surface area (Å²) in [5.74, 6) is -0.867. The lowest BCUT2D eigenvalue weighted by Gasteiger charge is -2.37. The van der Waals surface area contributed by atoms with E-state index in [9.17, 15) is 22.8 Å². The van der Waals surface area contributed by atoms with Crippen molar-refractivity contribution in [1.29, 1.82) is 0 Å². The van der Waals surface area contributed by atoms with E-state index >= 15 is 0 Å². The molecule has 1 saturated heterocycles. The van der Waals surface area contributed by atoms with Gasteiger partial charge in [-0.25, -0.2) is 0 Å². The zero-order chi connectivity index (χ0) is 25.1. The molecule has 1 N–H and O–H groups in total. The fraction of sp³-hybridized carbons (Fsp3) is 0.308. The minimum absolute atomic E-state index is 0.177. The summed E-state index contributed by atoms with van der Waals surface area (Å²) in [6, 6.07) is 8.18. The van der Waals surface area contributed by atoms with Gasteiger partial charge in [0.1, 0.15) is 5.75 Å². The van der Waals surface area contributed by atoms with Gasteiger partial charge in [0.25, 0.3) is 11.1 Å². The standard InChI is InChI=1S/C26H24F3NO3S/c1-14-10-18-19(25(4,5)9-8-24(18,2)3)13-16(14)17-11-15(6-7-20(17)33-26(27,28)29)12-21-22(31)30-23(32)34-21/h6-13H,1-5H3,(H,30,31,32)/b21-12+. The van der Waals surface area contributed by atoms with Crippen LogP contribution in [0.1, 0.15) is 49.9 Å². The molecule has 2 amide bonds. The molecule has 4 nitrogen and oxygen atoms in total. The van der Waals surface area contributed by atoms with Crippen LogP contribution in [0.2, 0.25) is 0 Å². The van der Waals surface area contributed by atoms with Crippen molar-refractivity contribution in [1.82, 2.24) is 5.32 Å². The maximum absolute atomic E-state index is 13.2.